The van der Waals surface area contributed by atoms with E-state index in [0.29, 0.717) is 0 Å². The molecule has 0 bridgehead atoms. The van der Waals surface area contributed by atoms with E-state index >= 15 is 0 Å². The Bertz CT molecular complexity index is 227. The van der Waals surface area contributed by atoms with Crippen LogP contribution in [0.1, 0.15) is 6.42 Å². The Labute approximate surface area is 126 Å². The second-order valence-electron chi connectivity index (χ2n) is 3.52. The van der Waals surface area contributed by atoms with E-state index in [1.807, 2.05) is 0 Å². The second-order valence-corrected chi connectivity index (χ2v) is 3.52. The first kappa shape index (κ1) is 20.5. The van der Waals surface area contributed by atoms with Gasteiger partial charge in [-0.25, -0.2) is 0 Å². The number of aliphatic hydroxyl groups excluding tert-OH is 5. The van der Waals surface area contributed by atoms with Crippen molar-refractivity contribution in [3.63, 3.8) is 0 Å². The fourth-order valence-electron chi connectivity index (χ4n) is 1.03. The van der Waals surface area contributed by atoms with Crippen molar-refractivity contribution in [2.75, 3.05) is 19.8 Å². The Morgan fingerprint density at radius 3 is 2.00 bits per heavy atom. The normalized spacial score (nSPS) is 17.4. The molecule has 0 aromatic carbocycles. The fraction of sp³-hybridized carbons (Fsp3) is 0.889. The minimum atomic E-state index is -1.71. The van der Waals surface area contributed by atoms with Crippen LogP contribution in [0.5, 0.6) is 0 Å². The molecule has 1 radical (unpaired) electrons. The summed E-state index contributed by atoms with van der Waals surface area (Å²) in [5.74, 6) is -1.06. The van der Waals surface area contributed by atoms with Crippen LogP contribution in [0.2, 0.25) is 0 Å². The summed E-state index contributed by atoms with van der Waals surface area (Å²) in [6.07, 6.45) is -6.70. The summed E-state index contributed by atoms with van der Waals surface area (Å²) in [7, 11) is 0. The largest absolute Gasteiger partial charge is 0.481 e. The molecule has 4 atom stereocenters. The molecule has 0 amide bonds. The predicted octanol–water partition coefficient (Wildman–Crippen LogP) is -3.47. The van der Waals surface area contributed by atoms with Crippen LogP contribution >= 0.6 is 0 Å². The minimum absolute atomic E-state index is 0. The maximum atomic E-state index is 10.1. The van der Waals surface area contributed by atoms with Crippen molar-refractivity contribution in [1.82, 2.24) is 0 Å². The van der Waals surface area contributed by atoms with Crippen molar-refractivity contribution >= 4 is 35.5 Å². The standard InChI is InChI=1S/C9H18O8.Na/c10-3-5(11)8(15)9(16)6(12)4-17-2-1-7(13)14;/h5-6,8-12,15-16H,1-4H2,(H,13,14);/t5-,6+,8-,9-;/m1./s1. The Kier molecular flexibility index (Phi) is 12.7. The van der Waals surface area contributed by atoms with E-state index in [-0.39, 0.29) is 49.2 Å². The monoisotopic (exact) mass is 277 g/mol. The number of ether oxygens (including phenoxy) is 1. The van der Waals surface area contributed by atoms with Gasteiger partial charge in [-0.15, -0.1) is 0 Å². The first-order chi connectivity index (χ1) is 7.90. The molecular formula is C9H18NaO8. The Balaban J connectivity index is 0. The van der Waals surface area contributed by atoms with Crippen LogP contribution in [0.4, 0.5) is 0 Å². The first-order valence-corrected chi connectivity index (χ1v) is 5.02. The van der Waals surface area contributed by atoms with Gasteiger partial charge in [-0.2, -0.15) is 0 Å². The topological polar surface area (TPSA) is 148 Å². The summed E-state index contributed by atoms with van der Waals surface area (Å²) in [5.41, 5.74) is 0. The van der Waals surface area contributed by atoms with Gasteiger partial charge in [0.05, 0.1) is 26.2 Å². The van der Waals surface area contributed by atoms with Crippen LogP contribution in [-0.4, -0.2) is 110 Å². The summed E-state index contributed by atoms with van der Waals surface area (Å²) in [6.45, 7) is -1.29. The van der Waals surface area contributed by atoms with E-state index in [2.05, 4.69) is 0 Å². The molecule has 0 aliphatic carbocycles. The smallest absolute Gasteiger partial charge is 0.305 e. The van der Waals surface area contributed by atoms with Crippen molar-refractivity contribution in [2.24, 2.45) is 0 Å². The van der Waals surface area contributed by atoms with E-state index < -0.39 is 37.0 Å². The molecular weight excluding hydrogens is 259 g/mol. The number of carboxylic acids is 1. The summed E-state index contributed by atoms with van der Waals surface area (Å²) >= 11 is 0. The Morgan fingerprint density at radius 1 is 1.06 bits per heavy atom. The van der Waals surface area contributed by atoms with Crippen LogP contribution in [0.15, 0.2) is 0 Å². The van der Waals surface area contributed by atoms with E-state index in [0.717, 1.165) is 0 Å². The minimum Gasteiger partial charge on any atom is -0.481 e. The molecule has 0 spiro atoms. The molecule has 9 heteroatoms. The molecule has 103 valence electrons. The maximum Gasteiger partial charge on any atom is 0.305 e. The average Bonchev–Trinajstić information content (AvgIpc) is 2.31. The van der Waals surface area contributed by atoms with Crippen molar-refractivity contribution < 1.29 is 40.2 Å². The molecule has 18 heavy (non-hydrogen) atoms. The number of hydrogen-bond acceptors (Lipinski definition) is 7. The predicted molar refractivity (Wildman–Crippen MR) is 59.9 cm³/mol. The number of aliphatic hydroxyl groups is 5. The van der Waals surface area contributed by atoms with Gasteiger partial charge in [-0.05, 0) is 0 Å². The number of carbonyl (C=O) groups is 1. The number of carboxylic acid groups (broad SMARTS) is 1. The van der Waals surface area contributed by atoms with E-state index in [1.54, 1.807) is 0 Å². The van der Waals surface area contributed by atoms with E-state index in [9.17, 15) is 20.1 Å². The Hall–Kier alpha value is 0.230. The van der Waals surface area contributed by atoms with Gasteiger partial charge in [0.1, 0.15) is 24.4 Å². The van der Waals surface area contributed by atoms with Gasteiger partial charge < -0.3 is 35.4 Å². The summed E-state index contributed by atoms with van der Waals surface area (Å²) in [6, 6.07) is 0. The number of hydrogen-bond donors (Lipinski definition) is 6. The molecule has 0 aromatic heterocycles. The molecule has 0 saturated carbocycles. The Morgan fingerprint density at radius 2 is 1.56 bits per heavy atom. The van der Waals surface area contributed by atoms with Crippen molar-refractivity contribution in [3.05, 3.63) is 0 Å². The summed E-state index contributed by atoms with van der Waals surface area (Å²) in [5, 5.41) is 53.7. The van der Waals surface area contributed by atoms with Crippen LogP contribution in [0.3, 0.4) is 0 Å². The third-order valence-electron chi connectivity index (χ3n) is 2.07. The summed E-state index contributed by atoms with van der Waals surface area (Å²) < 4.78 is 4.74. The molecule has 0 saturated heterocycles. The zero-order valence-corrected chi connectivity index (χ0v) is 12.1. The molecule has 8 nitrogen and oxygen atoms in total. The molecule has 0 aliphatic heterocycles. The average molecular weight is 277 g/mol. The van der Waals surface area contributed by atoms with Crippen LogP contribution in [-0.2, 0) is 9.53 Å². The first-order valence-electron chi connectivity index (χ1n) is 5.02. The second kappa shape index (κ2) is 11.1. The quantitative estimate of drug-likeness (QED) is 0.188. The van der Waals surface area contributed by atoms with Crippen molar-refractivity contribution in [1.29, 1.82) is 0 Å². The fourth-order valence-corrected chi connectivity index (χ4v) is 1.03. The van der Waals surface area contributed by atoms with Gasteiger partial charge in [0.25, 0.3) is 0 Å². The van der Waals surface area contributed by atoms with E-state index in [1.165, 1.54) is 0 Å². The van der Waals surface area contributed by atoms with Gasteiger partial charge in [-0.1, -0.05) is 0 Å². The zero-order chi connectivity index (χ0) is 13.4. The summed E-state index contributed by atoms with van der Waals surface area (Å²) in [4.78, 5) is 10.1. The third-order valence-corrected chi connectivity index (χ3v) is 2.07. The van der Waals surface area contributed by atoms with Gasteiger partial charge in [0.15, 0.2) is 0 Å². The molecule has 0 aromatic rings. The molecule has 0 unspecified atom stereocenters. The third kappa shape index (κ3) is 8.35. The number of rotatable bonds is 9. The van der Waals surface area contributed by atoms with Crippen LogP contribution < -0.4 is 0 Å². The molecule has 0 fully saturated rings. The van der Waals surface area contributed by atoms with Gasteiger partial charge >= 0.3 is 5.97 Å². The van der Waals surface area contributed by atoms with Crippen LogP contribution in [0, 0.1) is 0 Å². The molecule has 0 rings (SSSR count). The number of aliphatic carboxylic acids is 1. The van der Waals surface area contributed by atoms with Gasteiger partial charge in [-0.3, -0.25) is 4.79 Å². The van der Waals surface area contributed by atoms with Gasteiger partial charge in [0.2, 0.25) is 0 Å². The molecule has 6 N–H and O–H groups in total. The maximum absolute atomic E-state index is 10.1. The SMILES string of the molecule is O=C(O)CCOC[C@H](O)[C@@H](O)[C@H](O)[C@H](O)CO.[Na]. The van der Waals surface area contributed by atoms with Gasteiger partial charge in [0, 0.05) is 29.6 Å². The molecule has 0 aliphatic rings. The van der Waals surface area contributed by atoms with Crippen molar-refractivity contribution in [2.45, 2.75) is 30.8 Å². The van der Waals surface area contributed by atoms with E-state index in [4.69, 9.17) is 20.1 Å². The zero-order valence-electron chi connectivity index (χ0n) is 10.1. The van der Waals surface area contributed by atoms with Crippen LogP contribution in [0.25, 0.3) is 0 Å². The van der Waals surface area contributed by atoms with Crippen molar-refractivity contribution in [3.8, 4) is 0 Å². The molecule has 0 heterocycles.